The number of hydrogen-bond donors (Lipinski definition) is 2. The van der Waals surface area contributed by atoms with E-state index in [1.165, 1.54) is 0 Å². The van der Waals surface area contributed by atoms with Crippen LogP contribution in [0.25, 0.3) is 0 Å². The van der Waals surface area contributed by atoms with Crippen molar-refractivity contribution in [2.24, 2.45) is 4.99 Å². The molecule has 0 atom stereocenters. The van der Waals surface area contributed by atoms with Crippen LogP contribution < -0.4 is 10.6 Å². The van der Waals surface area contributed by atoms with E-state index in [9.17, 15) is 4.79 Å². The standard InChI is InChI=1S/C20H27ClN6O.HI/c1-3-22-20(24-12-9-16-7-8-18(21)25-14-16)26-15-19(28)27(2)13-10-17-6-4-5-11-23-17;/h4-8,11,14H,3,9-10,12-13,15H2,1-2H3,(H2,22,24,26);1H. The predicted molar refractivity (Wildman–Crippen MR) is 128 cm³/mol. The van der Waals surface area contributed by atoms with E-state index in [1.54, 1.807) is 30.4 Å². The topological polar surface area (TPSA) is 82.5 Å². The van der Waals surface area contributed by atoms with Gasteiger partial charge in [-0.2, -0.15) is 0 Å². The number of amides is 1. The van der Waals surface area contributed by atoms with Crippen LogP contribution in [0.4, 0.5) is 0 Å². The molecule has 0 aliphatic carbocycles. The maximum atomic E-state index is 12.3. The third-order valence-corrected chi connectivity index (χ3v) is 4.29. The van der Waals surface area contributed by atoms with Crippen LogP contribution >= 0.6 is 35.6 Å². The molecule has 0 aromatic carbocycles. The van der Waals surface area contributed by atoms with Gasteiger partial charge in [0.25, 0.3) is 0 Å². The van der Waals surface area contributed by atoms with Gasteiger partial charge in [-0.3, -0.25) is 9.78 Å². The second kappa shape index (κ2) is 14.1. The van der Waals surface area contributed by atoms with Crippen LogP contribution in [0.15, 0.2) is 47.7 Å². The Morgan fingerprint density at radius 3 is 2.66 bits per heavy atom. The average Bonchev–Trinajstić information content (AvgIpc) is 2.72. The number of likely N-dealkylation sites (N-methyl/N-ethyl adjacent to an activating group) is 1. The lowest BCUT2D eigenvalue weighted by Gasteiger charge is -2.16. The number of nitrogens with zero attached hydrogens (tertiary/aromatic N) is 4. The summed E-state index contributed by atoms with van der Waals surface area (Å²) < 4.78 is 0. The number of guanidine groups is 1. The summed E-state index contributed by atoms with van der Waals surface area (Å²) in [6, 6.07) is 9.51. The Morgan fingerprint density at radius 2 is 2.00 bits per heavy atom. The maximum Gasteiger partial charge on any atom is 0.244 e. The van der Waals surface area contributed by atoms with Crippen molar-refractivity contribution in [3.8, 4) is 0 Å². The van der Waals surface area contributed by atoms with Gasteiger partial charge in [0.15, 0.2) is 5.96 Å². The Hall–Kier alpha value is -1.94. The normalized spacial score (nSPS) is 10.8. The Balaban J connectivity index is 0.00000420. The number of halogens is 2. The minimum absolute atomic E-state index is 0. The highest BCUT2D eigenvalue weighted by molar-refractivity contribution is 14.0. The fourth-order valence-electron chi connectivity index (χ4n) is 2.44. The number of hydrogen-bond acceptors (Lipinski definition) is 4. The molecular weight excluding hydrogens is 503 g/mol. The van der Waals surface area contributed by atoms with Crippen LogP contribution in [0.2, 0.25) is 5.15 Å². The largest absolute Gasteiger partial charge is 0.357 e. The van der Waals surface area contributed by atoms with Crippen LogP contribution in [-0.4, -0.2) is 60.0 Å². The molecule has 2 N–H and O–H groups in total. The quantitative estimate of drug-likeness (QED) is 0.225. The molecule has 9 heteroatoms. The Labute approximate surface area is 194 Å². The first-order valence-corrected chi connectivity index (χ1v) is 9.72. The molecule has 0 radical (unpaired) electrons. The van der Waals surface area contributed by atoms with Gasteiger partial charge >= 0.3 is 0 Å². The van der Waals surface area contributed by atoms with Gasteiger partial charge < -0.3 is 15.5 Å². The molecule has 1 amide bonds. The van der Waals surface area contributed by atoms with Crippen LogP contribution in [0.1, 0.15) is 18.2 Å². The van der Waals surface area contributed by atoms with Crippen molar-refractivity contribution in [1.82, 2.24) is 25.5 Å². The van der Waals surface area contributed by atoms with E-state index in [-0.39, 0.29) is 36.4 Å². The fourth-order valence-corrected chi connectivity index (χ4v) is 2.55. The zero-order valence-electron chi connectivity index (χ0n) is 16.8. The van der Waals surface area contributed by atoms with Crippen LogP contribution in [0.5, 0.6) is 0 Å². The molecule has 0 saturated carbocycles. The summed E-state index contributed by atoms with van der Waals surface area (Å²) in [5.74, 6) is 0.589. The first-order chi connectivity index (χ1) is 13.6. The first kappa shape index (κ1) is 25.1. The van der Waals surface area contributed by atoms with E-state index in [2.05, 4.69) is 25.6 Å². The van der Waals surface area contributed by atoms with Crippen molar-refractivity contribution in [1.29, 1.82) is 0 Å². The third-order valence-electron chi connectivity index (χ3n) is 4.07. The number of pyridine rings is 2. The van der Waals surface area contributed by atoms with E-state index < -0.39 is 0 Å². The lowest BCUT2D eigenvalue weighted by Crippen LogP contribution is -2.39. The number of carbonyl (C=O) groups is 1. The summed E-state index contributed by atoms with van der Waals surface area (Å²) >= 11 is 5.80. The second-order valence-electron chi connectivity index (χ2n) is 6.25. The van der Waals surface area contributed by atoms with Crippen LogP contribution in [-0.2, 0) is 17.6 Å². The van der Waals surface area contributed by atoms with Gasteiger partial charge in [-0.1, -0.05) is 23.7 Å². The van der Waals surface area contributed by atoms with Gasteiger partial charge in [0.2, 0.25) is 5.91 Å². The molecule has 0 unspecified atom stereocenters. The van der Waals surface area contributed by atoms with E-state index >= 15 is 0 Å². The summed E-state index contributed by atoms with van der Waals surface area (Å²) in [4.78, 5) is 26.7. The summed E-state index contributed by atoms with van der Waals surface area (Å²) in [6.07, 6.45) is 5.02. The highest BCUT2D eigenvalue weighted by Gasteiger charge is 2.09. The SMILES string of the molecule is CCNC(=NCC(=O)N(C)CCc1ccccn1)NCCc1ccc(Cl)nc1.I. The predicted octanol–water partition coefficient (Wildman–Crippen LogP) is 2.55. The van der Waals surface area contributed by atoms with Crippen molar-refractivity contribution in [3.63, 3.8) is 0 Å². The number of carbonyl (C=O) groups excluding carboxylic acids is 1. The molecule has 2 aromatic rings. The van der Waals surface area contributed by atoms with Crippen LogP contribution in [0.3, 0.4) is 0 Å². The molecule has 158 valence electrons. The fraction of sp³-hybridized carbons (Fsp3) is 0.400. The minimum atomic E-state index is -0.0324. The van der Waals surface area contributed by atoms with E-state index in [4.69, 9.17) is 11.6 Å². The third kappa shape index (κ3) is 9.89. The van der Waals surface area contributed by atoms with Crippen molar-refractivity contribution < 1.29 is 4.79 Å². The van der Waals surface area contributed by atoms with Gasteiger partial charge in [-0.15, -0.1) is 24.0 Å². The average molecular weight is 531 g/mol. The molecule has 0 bridgehead atoms. The van der Waals surface area contributed by atoms with Gasteiger partial charge in [0.1, 0.15) is 11.7 Å². The molecule has 2 heterocycles. The lowest BCUT2D eigenvalue weighted by molar-refractivity contribution is -0.128. The molecule has 2 aromatic heterocycles. The highest BCUT2D eigenvalue weighted by atomic mass is 127. The summed E-state index contributed by atoms with van der Waals surface area (Å²) in [6.45, 7) is 4.09. The molecule has 7 nitrogen and oxygen atoms in total. The van der Waals surface area contributed by atoms with Crippen molar-refractivity contribution in [3.05, 3.63) is 59.1 Å². The second-order valence-corrected chi connectivity index (χ2v) is 6.63. The summed E-state index contributed by atoms with van der Waals surface area (Å²) in [5, 5.41) is 6.87. The number of aliphatic imine (C=N–C) groups is 1. The summed E-state index contributed by atoms with van der Waals surface area (Å²) in [5.41, 5.74) is 2.05. The van der Waals surface area contributed by atoms with E-state index in [0.29, 0.717) is 24.2 Å². The van der Waals surface area contributed by atoms with E-state index in [0.717, 1.165) is 30.6 Å². The van der Waals surface area contributed by atoms with E-state index in [1.807, 2.05) is 31.2 Å². The van der Waals surface area contributed by atoms with Crippen molar-refractivity contribution in [2.45, 2.75) is 19.8 Å². The molecule has 0 aliphatic heterocycles. The molecule has 0 spiro atoms. The Morgan fingerprint density at radius 1 is 1.17 bits per heavy atom. The lowest BCUT2D eigenvalue weighted by atomic mass is 10.2. The number of nitrogens with one attached hydrogen (secondary N) is 2. The first-order valence-electron chi connectivity index (χ1n) is 9.35. The van der Waals surface area contributed by atoms with Gasteiger partial charge in [0, 0.05) is 51.2 Å². The highest BCUT2D eigenvalue weighted by Crippen LogP contribution is 2.05. The molecule has 0 aliphatic rings. The van der Waals surface area contributed by atoms with Crippen molar-refractivity contribution >= 4 is 47.4 Å². The zero-order chi connectivity index (χ0) is 20.2. The smallest absolute Gasteiger partial charge is 0.244 e. The monoisotopic (exact) mass is 530 g/mol. The van der Waals surface area contributed by atoms with Gasteiger partial charge in [-0.05, 0) is 37.1 Å². The van der Waals surface area contributed by atoms with Crippen molar-refractivity contribution in [2.75, 3.05) is 33.2 Å². The maximum absolute atomic E-state index is 12.3. The van der Waals surface area contributed by atoms with Gasteiger partial charge in [0.05, 0.1) is 0 Å². The minimum Gasteiger partial charge on any atom is -0.357 e. The Bertz CT molecular complexity index is 757. The van der Waals surface area contributed by atoms with Gasteiger partial charge in [-0.25, -0.2) is 9.98 Å². The summed E-state index contributed by atoms with van der Waals surface area (Å²) in [7, 11) is 1.79. The molecule has 29 heavy (non-hydrogen) atoms. The molecular formula is C20H28ClIN6O. The number of rotatable bonds is 9. The van der Waals surface area contributed by atoms with Crippen LogP contribution in [0, 0.1) is 0 Å². The molecule has 2 rings (SSSR count). The number of aromatic nitrogens is 2. The molecule has 0 saturated heterocycles. The molecule has 0 fully saturated rings. The Kier molecular flexibility index (Phi) is 12.2. The zero-order valence-corrected chi connectivity index (χ0v) is 19.9.